The van der Waals surface area contributed by atoms with E-state index in [9.17, 15) is 18.0 Å². The molecular weight excluding hydrogens is 434 g/mol. The summed E-state index contributed by atoms with van der Waals surface area (Å²) in [5.74, 6) is -0.184. The zero-order valence-electron chi connectivity index (χ0n) is 18.9. The Bertz CT molecular complexity index is 1040. The molecule has 9 nitrogen and oxygen atoms in total. The molecule has 2 rings (SSSR count). The van der Waals surface area contributed by atoms with Crippen molar-refractivity contribution in [2.24, 2.45) is 0 Å². The fourth-order valence-corrected chi connectivity index (χ4v) is 4.01. The van der Waals surface area contributed by atoms with Crippen molar-refractivity contribution >= 4 is 27.5 Å². The summed E-state index contributed by atoms with van der Waals surface area (Å²) in [6.07, 6.45) is 1.01. The number of carbonyl (C=O) groups excluding carboxylic acids is 2. The summed E-state index contributed by atoms with van der Waals surface area (Å²) in [5, 5.41) is 2.53. The monoisotopic (exact) mass is 463 g/mol. The number of nitrogens with zero attached hydrogens (tertiary/aromatic N) is 2. The highest BCUT2D eigenvalue weighted by Gasteiger charge is 2.30. The fraction of sp³-hybridized carbons (Fsp3) is 0.364. The van der Waals surface area contributed by atoms with E-state index in [1.165, 1.54) is 38.3 Å². The molecule has 2 aromatic carbocycles. The largest absolute Gasteiger partial charge is 0.497 e. The van der Waals surface area contributed by atoms with Gasteiger partial charge in [-0.25, -0.2) is 8.42 Å². The van der Waals surface area contributed by atoms with Crippen LogP contribution >= 0.6 is 0 Å². The normalized spacial score (nSPS) is 11.9. The van der Waals surface area contributed by atoms with Crippen molar-refractivity contribution in [1.82, 2.24) is 10.2 Å². The summed E-state index contributed by atoms with van der Waals surface area (Å²) < 4.78 is 36.7. The van der Waals surface area contributed by atoms with Crippen LogP contribution in [0.2, 0.25) is 0 Å². The average molecular weight is 464 g/mol. The third-order valence-corrected chi connectivity index (χ3v) is 6.07. The molecule has 32 heavy (non-hydrogen) atoms. The van der Waals surface area contributed by atoms with Gasteiger partial charge in [-0.2, -0.15) is 0 Å². The Morgan fingerprint density at radius 1 is 1.06 bits per heavy atom. The Kier molecular flexibility index (Phi) is 8.48. The van der Waals surface area contributed by atoms with Crippen molar-refractivity contribution in [2.45, 2.75) is 19.5 Å². The standard InChI is InChI=1S/C22H29N3O6S/c1-16(22(27)23-2)24(14-17-9-7-6-8-10-17)21(26)15-25(32(5,28)29)19-12-11-18(30-3)13-20(19)31-4/h6-13,16H,14-15H2,1-5H3,(H,23,27)/t16-/m1/s1. The third-order valence-electron chi connectivity index (χ3n) is 4.94. The van der Waals surface area contributed by atoms with Gasteiger partial charge in [-0.3, -0.25) is 13.9 Å². The molecule has 174 valence electrons. The lowest BCUT2D eigenvalue weighted by atomic mass is 10.1. The van der Waals surface area contributed by atoms with E-state index < -0.39 is 28.5 Å². The molecule has 0 saturated carbocycles. The Labute approximate surface area is 189 Å². The second kappa shape index (κ2) is 10.9. The van der Waals surface area contributed by atoms with Gasteiger partial charge in [-0.1, -0.05) is 30.3 Å². The van der Waals surface area contributed by atoms with Crippen molar-refractivity contribution in [3.63, 3.8) is 0 Å². The summed E-state index contributed by atoms with van der Waals surface area (Å²) in [5.41, 5.74) is 1.00. The minimum Gasteiger partial charge on any atom is -0.497 e. The number of amides is 2. The highest BCUT2D eigenvalue weighted by Crippen LogP contribution is 2.33. The molecule has 0 radical (unpaired) electrons. The van der Waals surface area contributed by atoms with Gasteiger partial charge in [-0.15, -0.1) is 0 Å². The van der Waals surface area contributed by atoms with Gasteiger partial charge in [-0.05, 0) is 24.6 Å². The number of anilines is 1. The van der Waals surface area contributed by atoms with Crippen LogP contribution in [0, 0.1) is 0 Å². The van der Waals surface area contributed by atoms with Gasteiger partial charge in [0.05, 0.1) is 26.2 Å². The zero-order chi connectivity index (χ0) is 23.9. The summed E-state index contributed by atoms with van der Waals surface area (Å²) in [6.45, 7) is 1.24. The van der Waals surface area contributed by atoms with Gasteiger partial charge in [0.15, 0.2) is 0 Å². The van der Waals surface area contributed by atoms with Crippen LogP contribution in [-0.4, -0.2) is 65.2 Å². The van der Waals surface area contributed by atoms with Gasteiger partial charge in [0.1, 0.15) is 24.1 Å². The number of benzene rings is 2. The van der Waals surface area contributed by atoms with Crippen LogP contribution in [0.1, 0.15) is 12.5 Å². The van der Waals surface area contributed by atoms with Gasteiger partial charge < -0.3 is 19.7 Å². The van der Waals surface area contributed by atoms with E-state index in [4.69, 9.17) is 9.47 Å². The van der Waals surface area contributed by atoms with Gasteiger partial charge in [0.2, 0.25) is 21.8 Å². The predicted octanol–water partition coefficient (Wildman–Crippen LogP) is 1.63. The van der Waals surface area contributed by atoms with Crippen LogP contribution in [0.4, 0.5) is 5.69 Å². The fourth-order valence-electron chi connectivity index (χ4n) is 3.16. The first-order valence-electron chi connectivity index (χ1n) is 9.87. The average Bonchev–Trinajstić information content (AvgIpc) is 2.79. The van der Waals surface area contributed by atoms with E-state index >= 15 is 0 Å². The number of hydrogen-bond donors (Lipinski definition) is 1. The second-order valence-electron chi connectivity index (χ2n) is 7.10. The van der Waals surface area contributed by atoms with E-state index in [0.717, 1.165) is 16.1 Å². The van der Waals surface area contributed by atoms with Crippen molar-refractivity contribution in [3.05, 3.63) is 54.1 Å². The van der Waals surface area contributed by atoms with Crippen molar-refractivity contribution < 1.29 is 27.5 Å². The Morgan fingerprint density at radius 2 is 1.72 bits per heavy atom. The van der Waals surface area contributed by atoms with Crippen LogP contribution < -0.4 is 19.1 Å². The highest BCUT2D eigenvalue weighted by molar-refractivity contribution is 7.92. The molecule has 1 atom stereocenters. The maximum Gasteiger partial charge on any atom is 0.244 e. The number of rotatable bonds is 10. The Morgan fingerprint density at radius 3 is 2.25 bits per heavy atom. The van der Waals surface area contributed by atoms with Crippen LogP contribution in [-0.2, 0) is 26.2 Å². The van der Waals surface area contributed by atoms with Crippen LogP contribution in [0.15, 0.2) is 48.5 Å². The first kappa shape index (κ1) is 25.0. The Hall–Kier alpha value is -3.27. The maximum atomic E-state index is 13.3. The number of carbonyl (C=O) groups is 2. The quantitative estimate of drug-likeness (QED) is 0.574. The molecule has 0 spiro atoms. The number of methoxy groups -OCH3 is 2. The molecule has 10 heteroatoms. The molecule has 2 aromatic rings. The summed E-state index contributed by atoms with van der Waals surface area (Å²) >= 11 is 0. The highest BCUT2D eigenvalue weighted by atomic mass is 32.2. The molecule has 2 amide bonds. The van der Waals surface area contributed by atoms with Crippen molar-refractivity contribution in [2.75, 3.05) is 38.4 Å². The lowest BCUT2D eigenvalue weighted by Crippen LogP contribution is -2.50. The molecular formula is C22H29N3O6S. The zero-order valence-corrected chi connectivity index (χ0v) is 19.7. The van der Waals surface area contributed by atoms with E-state index in [1.807, 2.05) is 30.3 Å². The van der Waals surface area contributed by atoms with Crippen molar-refractivity contribution in [1.29, 1.82) is 0 Å². The molecule has 0 aliphatic heterocycles. The maximum absolute atomic E-state index is 13.3. The van der Waals surface area contributed by atoms with Gasteiger partial charge >= 0.3 is 0 Å². The lowest BCUT2D eigenvalue weighted by molar-refractivity contribution is -0.139. The summed E-state index contributed by atoms with van der Waals surface area (Å²) in [7, 11) is 0.501. The van der Waals surface area contributed by atoms with Gasteiger partial charge in [0, 0.05) is 19.7 Å². The van der Waals surface area contributed by atoms with E-state index in [0.29, 0.717) is 5.75 Å². The Balaban J connectivity index is 2.44. The second-order valence-corrected chi connectivity index (χ2v) is 9.01. The van der Waals surface area contributed by atoms with E-state index in [2.05, 4.69) is 5.32 Å². The predicted molar refractivity (Wildman–Crippen MR) is 122 cm³/mol. The molecule has 1 N–H and O–H groups in total. The molecule has 0 aliphatic rings. The molecule has 0 saturated heterocycles. The SMILES string of the molecule is CNC(=O)[C@@H](C)N(Cc1ccccc1)C(=O)CN(c1ccc(OC)cc1OC)S(C)(=O)=O. The topological polar surface area (TPSA) is 105 Å². The number of hydrogen-bond acceptors (Lipinski definition) is 6. The van der Waals surface area contributed by atoms with Crippen LogP contribution in [0.5, 0.6) is 11.5 Å². The number of sulfonamides is 1. The van der Waals surface area contributed by atoms with E-state index in [-0.39, 0.29) is 23.9 Å². The smallest absolute Gasteiger partial charge is 0.244 e. The molecule has 0 bridgehead atoms. The number of ether oxygens (including phenoxy) is 2. The van der Waals surface area contributed by atoms with E-state index in [1.54, 1.807) is 13.0 Å². The molecule has 0 fully saturated rings. The lowest BCUT2D eigenvalue weighted by Gasteiger charge is -2.31. The molecule has 0 aliphatic carbocycles. The first-order chi connectivity index (χ1) is 15.1. The summed E-state index contributed by atoms with van der Waals surface area (Å²) in [6, 6.07) is 13.0. The number of likely N-dealkylation sites (N-methyl/N-ethyl adjacent to an activating group) is 1. The van der Waals surface area contributed by atoms with Crippen LogP contribution in [0.3, 0.4) is 0 Å². The third kappa shape index (κ3) is 6.13. The van der Waals surface area contributed by atoms with Crippen molar-refractivity contribution in [3.8, 4) is 11.5 Å². The summed E-state index contributed by atoms with van der Waals surface area (Å²) in [4.78, 5) is 27.0. The first-order valence-corrected chi connectivity index (χ1v) is 11.7. The molecule has 0 unspecified atom stereocenters. The van der Waals surface area contributed by atoms with Gasteiger partial charge in [0.25, 0.3) is 0 Å². The van der Waals surface area contributed by atoms with Crippen LogP contribution in [0.25, 0.3) is 0 Å². The number of nitrogens with one attached hydrogen (secondary N) is 1. The molecule has 0 heterocycles. The molecule has 0 aromatic heterocycles. The minimum absolute atomic E-state index is 0.144. The minimum atomic E-state index is -3.86.